The molecule has 16 heavy (non-hydrogen) atoms. The van der Waals surface area contributed by atoms with Crippen molar-refractivity contribution in [3.63, 3.8) is 0 Å². The van der Waals surface area contributed by atoms with E-state index in [9.17, 15) is 0 Å². The fourth-order valence-corrected chi connectivity index (χ4v) is 1.74. The minimum Gasteiger partial charge on any atom is -0.375 e. The van der Waals surface area contributed by atoms with Crippen molar-refractivity contribution in [2.24, 2.45) is 11.5 Å². The Hall–Kier alpha value is -0.820. The number of hydrogen-bond acceptors (Lipinski definition) is 2. The van der Waals surface area contributed by atoms with Gasteiger partial charge in [0.05, 0.1) is 10.7 Å². The zero-order valence-electron chi connectivity index (χ0n) is 7.91. The predicted molar refractivity (Wildman–Crippen MR) is 75.6 cm³/mol. The van der Waals surface area contributed by atoms with Crippen LogP contribution in [0, 0.1) is 0 Å². The van der Waals surface area contributed by atoms with Gasteiger partial charge in [0.2, 0.25) is 0 Å². The summed E-state index contributed by atoms with van der Waals surface area (Å²) in [7, 11) is 0. The van der Waals surface area contributed by atoms with E-state index in [4.69, 9.17) is 59.1 Å². The minimum atomic E-state index is 0.0267. The van der Waals surface area contributed by atoms with Crippen molar-refractivity contribution in [3.05, 3.63) is 28.2 Å². The quantitative estimate of drug-likeness (QED) is 0.542. The molecule has 0 aliphatic rings. The summed E-state index contributed by atoms with van der Waals surface area (Å²) in [4.78, 5) is 0. The van der Waals surface area contributed by atoms with Gasteiger partial charge >= 0.3 is 0 Å². The molecule has 1 aromatic rings. The summed E-state index contributed by atoms with van der Waals surface area (Å²) in [6.45, 7) is 0. The Morgan fingerprint density at radius 1 is 1.25 bits per heavy atom. The summed E-state index contributed by atoms with van der Waals surface area (Å²) >= 11 is 21.3. The van der Waals surface area contributed by atoms with Crippen LogP contribution in [0.2, 0.25) is 10.0 Å². The Labute approximate surface area is 113 Å². The molecule has 0 heterocycles. The molecule has 86 valence electrons. The normalized spacial score (nSPS) is 9.62. The summed E-state index contributed by atoms with van der Waals surface area (Å²) in [6.07, 6.45) is 0. The molecule has 0 fully saturated rings. The summed E-state index contributed by atoms with van der Waals surface area (Å²) in [5.41, 5.74) is 14.0. The van der Waals surface area contributed by atoms with E-state index in [0.717, 1.165) is 0 Å². The number of benzene rings is 1. The number of hydrogen-bond donors (Lipinski definition) is 3. The fourth-order valence-electron chi connectivity index (χ4n) is 1.01. The van der Waals surface area contributed by atoms with Gasteiger partial charge in [-0.15, -0.1) is 0 Å². The molecule has 0 aliphatic heterocycles. The number of nitrogens with two attached hydrogens (primary N) is 2. The molecule has 1 aromatic carbocycles. The van der Waals surface area contributed by atoms with Gasteiger partial charge in [-0.05, 0) is 42.6 Å². The van der Waals surface area contributed by atoms with Crippen molar-refractivity contribution >= 4 is 63.5 Å². The maximum absolute atomic E-state index is 5.99. The molecule has 0 amide bonds. The lowest BCUT2D eigenvalue weighted by Gasteiger charge is -2.24. The molecular weight excluding hydrogens is 287 g/mol. The first-order chi connectivity index (χ1) is 7.41. The Kier molecular flexibility index (Phi) is 4.55. The third kappa shape index (κ3) is 3.34. The van der Waals surface area contributed by atoms with Gasteiger partial charge in [-0.3, -0.25) is 5.43 Å². The van der Waals surface area contributed by atoms with Crippen LogP contribution in [0.3, 0.4) is 0 Å². The number of rotatable bonds is 1. The summed E-state index contributed by atoms with van der Waals surface area (Å²) in [6, 6.07) is 4.86. The zero-order chi connectivity index (χ0) is 12.3. The maximum Gasteiger partial charge on any atom is 0.190 e. The van der Waals surface area contributed by atoms with E-state index in [2.05, 4.69) is 5.43 Å². The number of nitrogens with zero attached hydrogens (tertiary/aromatic N) is 1. The molecule has 0 aliphatic carbocycles. The van der Waals surface area contributed by atoms with Crippen molar-refractivity contribution in [2.75, 3.05) is 5.01 Å². The van der Waals surface area contributed by atoms with Crippen LogP contribution in [0.15, 0.2) is 18.2 Å². The van der Waals surface area contributed by atoms with Gasteiger partial charge in [0, 0.05) is 5.02 Å². The van der Waals surface area contributed by atoms with Crippen LogP contribution in [0.1, 0.15) is 0 Å². The van der Waals surface area contributed by atoms with Crippen LogP contribution < -0.4 is 21.9 Å². The summed E-state index contributed by atoms with van der Waals surface area (Å²) in [5.74, 6) is 0. The third-order valence-corrected chi connectivity index (χ3v) is 2.40. The SMILES string of the molecule is NC(=S)NN(C(N)=S)c1ccc(Cl)cc1Cl. The van der Waals surface area contributed by atoms with Gasteiger partial charge in [0.25, 0.3) is 0 Å². The molecule has 0 atom stereocenters. The van der Waals surface area contributed by atoms with Gasteiger partial charge in [-0.1, -0.05) is 23.2 Å². The number of thiocarbonyl (C=S) groups is 2. The molecule has 0 unspecified atom stereocenters. The lowest BCUT2D eigenvalue weighted by molar-refractivity contribution is 0.971. The second-order valence-electron chi connectivity index (χ2n) is 2.75. The van der Waals surface area contributed by atoms with Crippen LogP contribution in [-0.4, -0.2) is 10.2 Å². The molecule has 0 aromatic heterocycles. The Morgan fingerprint density at radius 3 is 2.31 bits per heavy atom. The highest BCUT2D eigenvalue weighted by atomic mass is 35.5. The van der Waals surface area contributed by atoms with Crippen LogP contribution in [-0.2, 0) is 0 Å². The number of hydrazine groups is 1. The van der Waals surface area contributed by atoms with Crippen LogP contribution in [0.4, 0.5) is 5.69 Å². The molecule has 4 nitrogen and oxygen atoms in total. The highest BCUT2D eigenvalue weighted by Crippen LogP contribution is 2.27. The number of halogens is 2. The van der Waals surface area contributed by atoms with Gasteiger partial charge in [-0.25, -0.2) is 5.01 Å². The van der Waals surface area contributed by atoms with Gasteiger partial charge < -0.3 is 11.5 Å². The van der Waals surface area contributed by atoms with E-state index in [1.54, 1.807) is 18.2 Å². The first kappa shape index (κ1) is 13.2. The van der Waals surface area contributed by atoms with Crippen molar-refractivity contribution < 1.29 is 0 Å². The second kappa shape index (κ2) is 5.49. The topological polar surface area (TPSA) is 67.3 Å². The molecule has 5 N–H and O–H groups in total. The molecule has 0 saturated carbocycles. The lowest BCUT2D eigenvalue weighted by Crippen LogP contribution is -2.51. The minimum absolute atomic E-state index is 0.0267. The number of nitrogens with one attached hydrogen (secondary N) is 1. The second-order valence-corrected chi connectivity index (χ2v) is 4.45. The Balaban J connectivity index is 3.10. The van der Waals surface area contributed by atoms with E-state index in [-0.39, 0.29) is 10.2 Å². The molecule has 0 radical (unpaired) electrons. The van der Waals surface area contributed by atoms with E-state index in [1.807, 2.05) is 0 Å². The highest BCUT2D eigenvalue weighted by molar-refractivity contribution is 7.80. The average molecular weight is 295 g/mol. The Bertz CT molecular complexity index is 438. The third-order valence-electron chi connectivity index (χ3n) is 1.59. The summed E-state index contributed by atoms with van der Waals surface area (Å²) < 4.78 is 0. The lowest BCUT2D eigenvalue weighted by atomic mass is 10.3. The first-order valence-electron chi connectivity index (χ1n) is 4.02. The molecule has 0 saturated heterocycles. The zero-order valence-corrected chi connectivity index (χ0v) is 11.1. The number of anilines is 1. The molecular formula is C8H8Cl2N4S2. The monoisotopic (exact) mass is 294 g/mol. The van der Waals surface area contributed by atoms with Gasteiger partial charge in [0.1, 0.15) is 0 Å². The first-order valence-corrected chi connectivity index (χ1v) is 5.59. The summed E-state index contributed by atoms with van der Waals surface area (Å²) in [5, 5.41) is 2.25. The molecule has 0 bridgehead atoms. The van der Waals surface area contributed by atoms with Crippen LogP contribution in [0.25, 0.3) is 0 Å². The van der Waals surface area contributed by atoms with Gasteiger partial charge in [0.15, 0.2) is 10.2 Å². The van der Waals surface area contributed by atoms with Crippen LogP contribution in [0.5, 0.6) is 0 Å². The van der Waals surface area contributed by atoms with E-state index < -0.39 is 0 Å². The smallest absolute Gasteiger partial charge is 0.190 e. The molecule has 8 heteroatoms. The van der Waals surface area contributed by atoms with Gasteiger partial charge in [-0.2, -0.15) is 0 Å². The van der Waals surface area contributed by atoms with E-state index >= 15 is 0 Å². The van der Waals surface area contributed by atoms with Crippen LogP contribution >= 0.6 is 47.6 Å². The predicted octanol–water partition coefficient (Wildman–Crippen LogP) is 1.79. The van der Waals surface area contributed by atoms with Crippen molar-refractivity contribution in [2.45, 2.75) is 0 Å². The molecule has 0 spiro atoms. The van der Waals surface area contributed by atoms with E-state index in [0.29, 0.717) is 15.7 Å². The fraction of sp³-hybridized carbons (Fsp3) is 0. The molecule has 1 rings (SSSR count). The average Bonchev–Trinajstić information content (AvgIpc) is 2.14. The Morgan fingerprint density at radius 2 is 1.88 bits per heavy atom. The van der Waals surface area contributed by atoms with Crippen molar-refractivity contribution in [3.8, 4) is 0 Å². The van der Waals surface area contributed by atoms with E-state index in [1.165, 1.54) is 5.01 Å². The standard InChI is InChI=1S/C8H8Cl2N4S2/c9-4-1-2-6(5(10)3-4)14(8(12)16)13-7(11)15/h1-3H,(H2,12,16)(H3,11,13,15). The highest BCUT2D eigenvalue weighted by Gasteiger charge is 2.13. The van der Waals surface area contributed by atoms with Crippen molar-refractivity contribution in [1.82, 2.24) is 5.43 Å². The largest absolute Gasteiger partial charge is 0.375 e. The maximum atomic E-state index is 5.99. The van der Waals surface area contributed by atoms with Crippen molar-refractivity contribution in [1.29, 1.82) is 0 Å².